The molecule has 0 radical (unpaired) electrons. The van der Waals surface area contributed by atoms with Crippen molar-refractivity contribution < 1.29 is 22.0 Å². The van der Waals surface area contributed by atoms with Gasteiger partial charge in [-0.15, -0.1) is 11.3 Å². The molecule has 1 heterocycles. The first-order chi connectivity index (χ1) is 6.66. The average Bonchev–Trinajstić information content (AvgIpc) is 2.48. The number of hydrogen-bond donors (Lipinski definition) is 0. The molecule has 1 aromatic heterocycles. The first kappa shape index (κ1) is 13.4. The van der Waals surface area contributed by atoms with Crippen molar-refractivity contribution in [1.29, 1.82) is 0 Å². The molecule has 0 spiro atoms. The Kier molecular flexibility index (Phi) is 3.83. The maximum Gasteiger partial charge on any atom is 0.454 e. The quantitative estimate of drug-likeness (QED) is 0.497. The predicted octanol–water partition coefficient (Wildman–Crippen LogP) is 5.14. The van der Waals surface area contributed by atoms with Crippen LogP contribution in [0, 0.1) is 0 Å². The lowest BCUT2D eigenvalue weighted by Gasteiger charge is -2.23. The summed E-state index contributed by atoms with van der Waals surface area (Å²) in [5.41, 5.74) is 0. The molecule has 1 atom stereocenters. The molecule has 0 saturated carbocycles. The van der Waals surface area contributed by atoms with Crippen LogP contribution in [-0.4, -0.2) is 12.1 Å². The molecular formula is C7H3Br2F5S. The van der Waals surface area contributed by atoms with Crippen LogP contribution in [0.15, 0.2) is 15.9 Å². The molecule has 86 valence electrons. The highest BCUT2D eigenvalue weighted by molar-refractivity contribution is 9.11. The number of rotatable bonds is 2. The molecule has 8 heteroatoms. The lowest BCUT2D eigenvalue weighted by Crippen LogP contribution is -2.39. The molecule has 1 rings (SSSR count). The Labute approximate surface area is 103 Å². The van der Waals surface area contributed by atoms with Crippen LogP contribution < -0.4 is 0 Å². The number of halogens is 7. The summed E-state index contributed by atoms with van der Waals surface area (Å²) in [7, 11) is 0. The molecule has 1 aromatic rings. The highest BCUT2D eigenvalue weighted by atomic mass is 79.9. The summed E-state index contributed by atoms with van der Waals surface area (Å²) >= 11 is 6.19. The second-order valence-electron chi connectivity index (χ2n) is 2.63. The van der Waals surface area contributed by atoms with Crippen LogP contribution in [-0.2, 0) is 0 Å². The summed E-state index contributed by atoms with van der Waals surface area (Å²) in [6.45, 7) is 0. The third kappa shape index (κ3) is 2.71. The van der Waals surface area contributed by atoms with Crippen LogP contribution in [0.2, 0.25) is 0 Å². The molecule has 0 aliphatic heterocycles. The maximum atomic E-state index is 12.8. The summed E-state index contributed by atoms with van der Waals surface area (Å²) in [6.07, 6.45) is -5.56. The Morgan fingerprint density at radius 3 is 2.00 bits per heavy atom. The minimum absolute atomic E-state index is 0.0794. The summed E-state index contributed by atoms with van der Waals surface area (Å²) in [4.78, 5) is -2.13. The molecule has 0 amide bonds. The zero-order valence-corrected chi connectivity index (χ0v) is 10.8. The maximum absolute atomic E-state index is 12.8. The fourth-order valence-corrected chi connectivity index (χ4v) is 2.92. The normalized spacial score (nSPS) is 15.4. The van der Waals surface area contributed by atoms with E-state index in [0.29, 0.717) is 3.79 Å². The third-order valence-electron chi connectivity index (χ3n) is 1.54. The first-order valence-corrected chi connectivity index (χ1v) is 6.02. The van der Waals surface area contributed by atoms with Crippen molar-refractivity contribution in [3.63, 3.8) is 0 Å². The molecule has 0 N–H and O–H groups in total. The van der Waals surface area contributed by atoms with Gasteiger partial charge in [-0.2, -0.15) is 22.0 Å². The fourth-order valence-electron chi connectivity index (χ4n) is 0.787. The minimum atomic E-state index is -5.56. The van der Waals surface area contributed by atoms with Crippen LogP contribution in [0.5, 0.6) is 0 Å². The van der Waals surface area contributed by atoms with Crippen molar-refractivity contribution in [3.05, 3.63) is 20.8 Å². The Morgan fingerprint density at radius 2 is 1.67 bits per heavy atom. The third-order valence-corrected chi connectivity index (χ3v) is 4.60. The van der Waals surface area contributed by atoms with Crippen LogP contribution >= 0.6 is 43.2 Å². The van der Waals surface area contributed by atoms with Gasteiger partial charge < -0.3 is 0 Å². The molecule has 0 aromatic carbocycles. The second-order valence-corrected chi connectivity index (χ2v) is 6.04. The van der Waals surface area contributed by atoms with E-state index in [-0.39, 0.29) is 4.88 Å². The van der Waals surface area contributed by atoms with E-state index in [9.17, 15) is 22.0 Å². The number of hydrogen-bond acceptors (Lipinski definition) is 1. The van der Waals surface area contributed by atoms with Gasteiger partial charge in [-0.3, -0.25) is 0 Å². The van der Waals surface area contributed by atoms with Gasteiger partial charge in [-0.1, -0.05) is 15.9 Å². The van der Waals surface area contributed by atoms with Crippen LogP contribution in [0.1, 0.15) is 9.70 Å². The van der Waals surface area contributed by atoms with Crippen molar-refractivity contribution in [2.24, 2.45) is 0 Å². The van der Waals surface area contributed by atoms with Gasteiger partial charge >= 0.3 is 12.1 Å². The van der Waals surface area contributed by atoms with Gasteiger partial charge in [0.25, 0.3) is 0 Å². The van der Waals surface area contributed by atoms with Crippen molar-refractivity contribution in [2.45, 2.75) is 16.9 Å². The highest BCUT2D eigenvalue weighted by Gasteiger charge is 2.62. The topological polar surface area (TPSA) is 0 Å². The van der Waals surface area contributed by atoms with Gasteiger partial charge in [0, 0.05) is 4.88 Å². The number of thiophene rings is 1. The van der Waals surface area contributed by atoms with E-state index in [1.807, 2.05) is 0 Å². The van der Waals surface area contributed by atoms with Crippen molar-refractivity contribution in [2.75, 3.05) is 0 Å². The zero-order chi connectivity index (χ0) is 11.9. The Hall–Kier alpha value is 0.310. The van der Waals surface area contributed by atoms with Crippen molar-refractivity contribution >= 4 is 43.2 Å². The molecule has 0 nitrogen and oxygen atoms in total. The Morgan fingerprint density at radius 1 is 1.13 bits per heavy atom. The van der Waals surface area contributed by atoms with Gasteiger partial charge in [-0.25, -0.2) is 0 Å². The molecule has 0 fully saturated rings. The average molecular weight is 374 g/mol. The molecule has 0 aliphatic carbocycles. The molecule has 0 saturated heterocycles. The van der Waals surface area contributed by atoms with Crippen LogP contribution in [0.3, 0.4) is 0 Å². The summed E-state index contributed by atoms with van der Waals surface area (Å²) < 4.78 is 62.1. The van der Waals surface area contributed by atoms with E-state index in [1.165, 1.54) is 12.1 Å². The zero-order valence-electron chi connectivity index (χ0n) is 6.79. The van der Waals surface area contributed by atoms with Gasteiger partial charge in [0.1, 0.15) is 4.83 Å². The standard InChI is InChI=1S/C7H3Br2F5S/c8-4-2-1-3(15-4)5(9)6(10,11)7(12,13)14/h1-2,5H. The summed E-state index contributed by atoms with van der Waals surface area (Å²) in [5, 5.41) is 0. The van der Waals surface area contributed by atoms with Gasteiger partial charge in [-0.05, 0) is 28.1 Å². The van der Waals surface area contributed by atoms with Crippen molar-refractivity contribution in [1.82, 2.24) is 0 Å². The van der Waals surface area contributed by atoms with E-state index < -0.39 is 16.9 Å². The highest BCUT2D eigenvalue weighted by Crippen LogP contribution is 2.50. The van der Waals surface area contributed by atoms with Crippen LogP contribution in [0.4, 0.5) is 22.0 Å². The van der Waals surface area contributed by atoms with Gasteiger partial charge in [0.15, 0.2) is 0 Å². The summed E-state index contributed by atoms with van der Waals surface area (Å²) in [5.74, 6) is -4.78. The lowest BCUT2D eigenvalue weighted by atomic mass is 10.2. The molecule has 0 bridgehead atoms. The van der Waals surface area contributed by atoms with E-state index >= 15 is 0 Å². The van der Waals surface area contributed by atoms with E-state index in [4.69, 9.17) is 0 Å². The second kappa shape index (κ2) is 4.29. The molecule has 1 unspecified atom stereocenters. The molecule has 0 aliphatic rings. The van der Waals surface area contributed by atoms with E-state index in [1.54, 1.807) is 0 Å². The monoisotopic (exact) mass is 372 g/mol. The van der Waals surface area contributed by atoms with E-state index in [2.05, 4.69) is 31.9 Å². The lowest BCUT2D eigenvalue weighted by molar-refractivity contribution is -0.281. The largest absolute Gasteiger partial charge is 0.454 e. The Bertz CT molecular complexity index is 345. The van der Waals surface area contributed by atoms with Crippen LogP contribution in [0.25, 0.3) is 0 Å². The smallest absolute Gasteiger partial charge is 0.195 e. The fraction of sp³-hybridized carbons (Fsp3) is 0.429. The molecular weight excluding hydrogens is 371 g/mol. The first-order valence-electron chi connectivity index (χ1n) is 3.50. The number of alkyl halides is 6. The SMILES string of the molecule is FC(F)(F)C(F)(F)C(Br)c1ccc(Br)s1. The van der Waals surface area contributed by atoms with E-state index in [0.717, 1.165) is 11.3 Å². The minimum Gasteiger partial charge on any atom is -0.195 e. The molecule has 15 heavy (non-hydrogen) atoms. The van der Waals surface area contributed by atoms with Crippen molar-refractivity contribution in [3.8, 4) is 0 Å². The Balaban J connectivity index is 2.99. The van der Waals surface area contributed by atoms with Gasteiger partial charge in [0.2, 0.25) is 0 Å². The predicted molar refractivity (Wildman–Crippen MR) is 54.7 cm³/mol. The summed E-state index contributed by atoms with van der Waals surface area (Å²) in [6, 6.07) is 2.63. The van der Waals surface area contributed by atoms with Gasteiger partial charge in [0.05, 0.1) is 3.79 Å².